The number of hydrogen-bond donors (Lipinski definition) is 2. The zero-order chi connectivity index (χ0) is 16.7. The Labute approximate surface area is 141 Å². The molecule has 0 aliphatic carbocycles. The lowest BCUT2D eigenvalue weighted by molar-refractivity contribution is -0.129. The maximum absolute atomic E-state index is 12.7. The van der Waals surface area contributed by atoms with Gasteiger partial charge in [-0.25, -0.2) is 4.98 Å². The summed E-state index contributed by atoms with van der Waals surface area (Å²) in [6, 6.07) is 6.25. The van der Waals surface area contributed by atoms with Crippen LogP contribution in [0.3, 0.4) is 0 Å². The molecular formula is C18H23N5O. The third kappa shape index (κ3) is 2.78. The molecule has 0 spiro atoms. The zero-order valence-corrected chi connectivity index (χ0v) is 13.9. The van der Waals surface area contributed by atoms with Crippen LogP contribution in [-0.4, -0.2) is 46.0 Å². The van der Waals surface area contributed by atoms with Gasteiger partial charge in [-0.1, -0.05) is 12.1 Å². The highest BCUT2D eigenvalue weighted by atomic mass is 16.2. The van der Waals surface area contributed by atoms with E-state index in [1.807, 2.05) is 22.7 Å². The molecule has 1 amide bonds. The molecule has 0 unspecified atom stereocenters. The van der Waals surface area contributed by atoms with Gasteiger partial charge in [-0.3, -0.25) is 4.79 Å². The van der Waals surface area contributed by atoms with Crippen LogP contribution in [0.4, 0.5) is 5.69 Å². The van der Waals surface area contributed by atoms with Crippen LogP contribution in [0.2, 0.25) is 0 Å². The number of aryl methyl sites for hydroxylation is 1. The van der Waals surface area contributed by atoms with Crippen LogP contribution in [0.25, 0.3) is 0 Å². The monoisotopic (exact) mass is 325 g/mol. The highest BCUT2D eigenvalue weighted by molar-refractivity contribution is 5.80. The maximum Gasteiger partial charge on any atom is 0.227 e. The number of amides is 1. The summed E-state index contributed by atoms with van der Waals surface area (Å²) in [5, 5.41) is 3.37. The van der Waals surface area contributed by atoms with Crippen LogP contribution >= 0.6 is 0 Å². The van der Waals surface area contributed by atoms with Crippen molar-refractivity contribution < 1.29 is 4.79 Å². The van der Waals surface area contributed by atoms with Gasteiger partial charge >= 0.3 is 0 Å². The molecule has 2 aliphatic heterocycles. The predicted octanol–water partition coefficient (Wildman–Crippen LogP) is 0.884. The Balaban J connectivity index is 1.43. The average Bonchev–Trinajstić information content (AvgIpc) is 3.26. The summed E-state index contributed by atoms with van der Waals surface area (Å²) in [5.74, 6) is 0.263. The van der Waals surface area contributed by atoms with E-state index >= 15 is 0 Å². The lowest BCUT2D eigenvalue weighted by Crippen LogP contribution is -2.33. The van der Waals surface area contributed by atoms with Crippen LogP contribution in [0.5, 0.6) is 0 Å². The number of carbonyl (C=O) groups is 1. The molecule has 2 aliphatic rings. The van der Waals surface area contributed by atoms with Crippen LogP contribution in [0.15, 0.2) is 30.7 Å². The second-order valence-corrected chi connectivity index (χ2v) is 6.88. The van der Waals surface area contributed by atoms with Crippen molar-refractivity contribution in [2.45, 2.75) is 24.8 Å². The number of benzene rings is 1. The van der Waals surface area contributed by atoms with Crippen molar-refractivity contribution in [1.82, 2.24) is 14.5 Å². The molecule has 2 atom stereocenters. The summed E-state index contributed by atoms with van der Waals surface area (Å²) in [7, 11) is 1.95. The number of likely N-dealkylation sites (tertiary alicyclic amines) is 1. The van der Waals surface area contributed by atoms with Crippen LogP contribution < -0.4 is 11.1 Å². The molecule has 1 aromatic heterocycles. The topological polar surface area (TPSA) is 76.2 Å². The molecule has 24 heavy (non-hydrogen) atoms. The molecule has 4 rings (SSSR count). The number of nitrogens with zero attached hydrogens (tertiary/aromatic N) is 3. The van der Waals surface area contributed by atoms with E-state index in [2.05, 4.69) is 28.5 Å². The Morgan fingerprint density at radius 3 is 3.08 bits per heavy atom. The number of carbonyl (C=O) groups excluding carboxylic acids is 1. The molecule has 1 fully saturated rings. The fraction of sp³-hybridized carbons (Fsp3) is 0.444. The molecule has 6 heteroatoms. The predicted molar refractivity (Wildman–Crippen MR) is 92.8 cm³/mol. The summed E-state index contributed by atoms with van der Waals surface area (Å²) in [4.78, 5) is 18.9. The first-order chi connectivity index (χ1) is 11.6. The van der Waals surface area contributed by atoms with Gasteiger partial charge in [0.05, 0.1) is 18.4 Å². The highest BCUT2D eigenvalue weighted by Crippen LogP contribution is 2.27. The maximum atomic E-state index is 12.7. The number of rotatable bonds is 3. The van der Waals surface area contributed by atoms with Gasteiger partial charge in [-0.15, -0.1) is 0 Å². The van der Waals surface area contributed by atoms with Crippen molar-refractivity contribution >= 4 is 11.6 Å². The first-order valence-corrected chi connectivity index (χ1v) is 8.47. The van der Waals surface area contributed by atoms with E-state index in [4.69, 9.17) is 5.73 Å². The molecular weight excluding hydrogens is 302 g/mol. The normalized spacial score (nSPS) is 22.5. The summed E-state index contributed by atoms with van der Waals surface area (Å²) in [6.07, 6.45) is 5.27. The summed E-state index contributed by atoms with van der Waals surface area (Å²) < 4.78 is 1.92. The van der Waals surface area contributed by atoms with Crippen LogP contribution in [-0.2, 0) is 24.7 Å². The number of anilines is 1. The largest absolute Gasteiger partial charge is 0.384 e. The molecule has 1 saturated heterocycles. The van der Waals surface area contributed by atoms with E-state index in [1.54, 1.807) is 6.33 Å². The molecule has 0 saturated carbocycles. The van der Waals surface area contributed by atoms with Crippen molar-refractivity contribution in [2.24, 2.45) is 12.8 Å². The van der Waals surface area contributed by atoms with Gasteiger partial charge < -0.3 is 20.5 Å². The Hall–Kier alpha value is -2.34. The minimum absolute atomic E-state index is 0.0504. The molecule has 3 heterocycles. The first kappa shape index (κ1) is 15.2. The molecule has 3 N–H and O–H groups in total. The van der Waals surface area contributed by atoms with Gasteiger partial charge in [-0.05, 0) is 23.6 Å². The Morgan fingerprint density at radius 1 is 1.42 bits per heavy atom. The fourth-order valence-corrected chi connectivity index (χ4v) is 3.70. The van der Waals surface area contributed by atoms with E-state index in [1.165, 1.54) is 11.3 Å². The van der Waals surface area contributed by atoms with E-state index in [9.17, 15) is 4.79 Å². The van der Waals surface area contributed by atoms with Gasteiger partial charge in [0.15, 0.2) is 0 Å². The number of hydrogen-bond acceptors (Lipinski definition) is 4. The van der Waals surface area contributed by atoms with Crippen molar-refractivity contribution in [3.05, 3.63) is 47.5 Å². The molecule has 126 valence electrons. The fourth-order valence-electron chi connectivity index (χ4n) is 3.70. The quantitative estimate of drug-likeness (QED) is 0.878. The van der Waals surface area contributed by atoms with E-state index in [-0.39, 0.29) is 17.9 Å². The smallest absolute Gasteiger partial charge is 0.227 e. The number of nitrogens with two attached hydrogens (primary N) is 1. The first-order valence-electron chi connectivity index (χ1n) is 8.47. The zero-order valence-electron chi connectivity index (χ0n) is 13.9. The standard InChI is InChI=1S/C18H23N5O/c1-22-10-17(21-11-22)14-8-23(9-15(14)19)18(24)7-12-2-3-13-4-5-20-16(13)6-12/h2-3,6,10-11,14-15,20H,4-5,7-9,19H2,1H3/t14-,15-/m1/s1. The minimum atomic E-state index is -0.0504. The third-order valence-corrected chi connectivity index (χ3v) is 5.06. The van der Waals surface area contributed by atoms with E-state index < -0.39 is 0 Å². The summed E-state index contributed by atoms with van der Waals surface area (Å²) in [6.45, 7) is 2.24. The van der Waals surface area contributed by atoms with Crippen molar-refractivity contribution in [3.8, 4) is 0 Å². The number of fused-ring (bicyclic) bond motifs is 1. The van der Waals surface area contributed by atoms with Gasteiger partial charge in [0.2, 0.25) is 5.91 Å². The lowest BCUT2D eigenvalue weighted by atomic mass is 10.0. The Kier molecular flexibility index (Phi) is 3.76. The number of aromatic nitrogens is 2. The second-order valence-electron chi connectivity index (χ2n) is 6.88. The number of nitrogens with one attached hydrogen (secondary N) is 1. The van der Waals surface area contributed by atoms with E-state index in [0.717, 1.165) is 24.2 Å². The Morgan fingerprint density at radius 2 is 2.29 bits per heavy atom. The van der Waals surface area contributed by atoms with Gasteiger partial charge in [-0.2, -0.15) is 0 Å². The van der Waals surface area contributed by atoms with Crippen molar-refractivity contribution in [1.29, 1.82) is 0 Å². The minimum Gasteiger partial charge on any atom is -0.384 e. The molecule has 1 aromatic carbocycles. The summed E-state index contributed by atoms with van der Waals surface area (Å²) in [5.41, 5.74) is 10.8. The van der Waals surface area contributed by atoms with Gasteiger partial charge in [0.25, 0.3) is 0 Å². The number of imidazole rings is 1. The Bertz CT molecular complexity index is 769. The van der Waals surface area contributed by atoms with Crippen LogP contribution in [0, 0.1) is 0 Å². The third-order valence-electron chi connectivity index (χ3n) is 5.06. The van der Waals surface area contributed by atoms with Gasteiger partial charge in [0, 0.05) is 50.5 Å². The average molecular weight is 325 g/mol. The van der Waals surface area contributed by atoms with Crippen molar-refractivity contribution in [3.63, 3.8) is 0 Å². The highest BCUT2D eigenvalue weighted by Gasteiger charge is 2.35. The van der Waals surface area contributed by atoms with Gasteiger partial charge in [0.1, 0.15) is 0 Å². The van der Waals surface area contributed by atoms with E-state index in [0.29, 0.717) is 19.5 Å². The van der Waals surface area contributed by atoms with Crippen molar-refractivity contribution in [2.75, 3.05) is 25.0 Å². The van der Waals surface area contributed by atoms with Crippen LogP contribution in [0.1, 0.15) is 22.7 Å². The SMILES string of the molecule is Cn1cnc([C@@H]2CN(C(=O)Cc3ccc4c(c3)NCC4)C[C@H]2N)c1. The molecule has 2 aromatic rings. The molecule has 6 nitrogen and oxygen atoms in total. The molecule has 0 bridgehead atoms. The molecule has 0 radical (unpaired) electrons. The lowest BCUT2D eigenvalue weighted by Gasteiger charge is -2.16. The summed E-state index contributed by atoms with van der Waals surface area (Å²) >= 11 is 0. The second kappa shape index (κ2) is 5.94.